The van der Waals surface area contributed by atoms with Gasteiger partial charge in [-0.2, -0.15) is 0 Å². The van der Waals surface area contributed by atoms with Gasteiger partial charge in [0.2, 0.25) is 0 Å². The lowest BCUT2D eigenvalue weighted by atomic mass is 10.1. The Kier molecular flexibility index (Phi) is 4.09. The van der Waals surface area contributed by atoms with Gasteiger partial charge in [-0.05, 0) is 24.6 Å². The van der Waals surface area contributed by atoms with Gasteiger partial charge in [0.15, 0.2) is 0 Å². The van der Waals surface area contributed by atoms with Crippen LogP contribution in [0.15, 0.2) is 18.2 Å². The fourth-order valence-electron chi connectivity index (χ4n) is 2.13. The second-order valence-electron chi connectivity index (χ2n) is 4.31. The molecule has 1 N–H and O–H groups in total. The molecule has 0 bridgehead atoms. The van der Waals surface area contributed by atoms with Crippen molar-refractivity contribution in [2.45, 2.75) is 19.4 Å². The van der Waals surface area contributed by atoms with Gasteiger partial charge in [-0.1, -0.05) is 18.5 Å². The van der Waals surface area contributed by atoms with Gasteiger partial charge in [0.05, 0.1) is 24.0 Å². The smallest absolute Gasteiger partial charge is 0.337 e. The number of carbonyl (C=O) groups is 1. The number of morpholine rings is 1. The van der Waals surface area contributed by atoms with E-state index in [0.29, 0.717) is 30.4 Å². The van der Waals surface area contributed by atoms with Crippen molar-refractivity contribution in [3.63, 3.8) is 0 Å². The number of hydrogen-bond donors (Lipinski definition) is 1. The number of ether oxygens (including phenoxy) is 1. The molecule has 1 aromatic rings. The molecular weight excluding hydrogens is 254 g/mol. The Hall–Kier alpha value is -1.26. The zero-order chi connectivity index (χ0) is 13.1. The van der Waals surface area contributed by atoms with Crippen LogP contribution in [0.5, 0.6) is 0 Å². The van der Waals surface area contributed by atoms with Gasteiger partial charge in [0.25, 0.3) is 0 Å². The molecule has 98 valence electrons. The monoisotopic (exact) mass is 269 g/mol. The first kappa shape index (κ1) is 13.2. The number of halogens is 1. The maximum Gasteiger partial charge on any atom is 0.337 e. The van der Waals surface area contributed by atoms with E-state index in [-0.39, 0.29) is 11.7 Å². The summed E-state index contributed by atoms with van der Waals surface area (Å²) in [6.07, 6.45) is 1.07. The van der Waals surface area contributed by atoms with E-state index in [1.54, 1.807) is 18.2 Å². The summed E-state index contributed by atoms with van der Waals surface area (Å²) in [5, 5.41) is 9.76. The van der Waals surface area contributed by atoms with Crippen molar-refractivity contribution in [3.05, 3.63) is 28.8 Å². The van der Waals surface area contributed by atoms with Gasteiger partial charge >= 0.3 is 5.97 Å². The molecule has 1 aliphatic heterocycles. The number of aromatic carboxylic acids is 1. The molecule has 1 unspecified atom stereocenters. The molecule has 1 fully saturated rings. The number of carboxylic acid groups (broad SMARTS) is 1. The highest BCUT2D eigenvalue weighted by Crippen LogP contribution is 2.27. The second kappa shape index (κ2) is 5.59. The van der Waals surface area contributed by atoms with E-state index >= 15 is 0 Å². The van der Waals surface area contributed by atoms with Gasteiger partial charge in [-0.15, -0.1) is 0 Å². The number of anilines is 1. The molecule has 1 heterocycles. The van der Waals surface area contributed by atoms with E-state index in [4.69, 9.17) is 16.3 Å². The first-order chi connectivity index (χ1) is 8.61. The Bertz CT molecular complexity index is 450. The number of hydrogen-bond acceptors (Lipinski definition) is 3. The molecule has 0 spiro atoms. The predicted octanol–water partition coefficient (Wildman–Crippen LogP) is 2.65. The molecule has 1 aliphatic rings. The van der Waals surface area contributed by atoms with Crippen molar-refractivity contribution in [3.8, 4) is 0 Å². The van der Waals surface area contributed by atoms with Gasteiger partial charge in [-0.3, -0.25) is 0 Å². The van der Waals surface area contributed by atoms with Gasteiger partial charge in [0.1, 0.15) is 0 Å². The van der Waals surface area contributed by atoms with Crippen molar-refractivity contribution in [2.24, 2.45) is 0 Å². The molecule has 2 rings (SSSR count). The Morgan fingerprint density at radius 1 is 1.61 bits per heavy atom. The van der Waals surface area contributed by atoms with Crippen LogP contribution >= 0.6 is 11.6 Å². The van der Waals surface area contributed by atoms with E-state index in [9.17, 15) is 9.90 Å². The average Bonchev–Trinajstić information content (AvgIpc) is 2.38. The third-order valence-electron chi connectivity index (χ3n) is 3.12. The van der Waals surface area contributed by atoms with Crippen molar-refractivity contribution in [1.82, 2.24) is 0 Å². The minimum atomic E-state index is -0.929. The summed E-state index contributed by atoms with van der Waals surface area (Å²) in [6.45, 7) is 4.07. The Labute approximate surface area is 111 Å². The molecule has 0 saturated carbocycles. The first-order valence-electron chi connectivity index (χ1n) is 6.01. The molecule has 0 radical (unpaired) electrons. The van der Waals surface area contributed by atoms with Gasteiger partial charge in [0, 0.05) is 18.1 Å². The van der Waals surface area contributed by atoms with Crippen LogP contribution in [0.3, 0.4) is 0 Å². The lowest BCUT2D eigenvalue weighted by Crippen LogP contribution is -2.42. The van der Waals surface area contributed by atoms with Crippen molar-refractivity contribution in [2.75, 3.05) is 24.6 Å². The van der Waals surface area contributed by atoms with E-state index in [2.05, 4.69) is 6.92 Å². The number of carboxylic acids is 1. The SMILES string of the molecule is CCC1CN(c2cc(Cl)ccc2C(=O)O)CCO1. The topological polar surface area (TPSA) is 49.8 Å². The predicted molar refractivity (Wildman–Crippen MR) is 70.7 cm³/mol. The van der Waals surface area contributed by atoms with E-state index in [1.807, 2.05) is 4.90 Å². The molecule has 0 aromatic heterocycles. The summed E-state index contributed by atoms with van der Waals surface area (Å²) in [5.74, 6) is -0.929. The summed E-state index contributed by atoms with van der Waals surface area (Å²) in [5.41, 5.74) is 0.966. The molecule has 4 nitrogen and oxygen atoms in total. The molecule has 18 heavy (non-hydrogen) atoms. The summed E-state index contributed by atoms with van der Waals surface area (Å²) < 4.78 is 5.59. The minimum Gasteiger partial charge on any atom is -0.478 e. The third kappa shape index (κ3) is 2.76. The van der Waals surface area contributed by atoms with Crippen LogP contribution in [-0.2, 0) is 4.74 Å². The van der Waals surface area contributed by atoms with Crippen molar-refractivity contribution in [1.29, 1.82) is 0 Å². The minimum absolute atomic E-state index is 0.152. The van der Waals surface area contributed by atoms with Crippen molar-refractivity contribution >= 4 is 23.3 Å². The van der Waals surface area contributed by atoms with Crippen LogP contribution in [0.1, 0.15) is 23.7 Å². The van der Waals surface area contributed by atoms with E-state index < -0.39 is 5.97 Å². The molecule has 1 atom stereocenters. The first-order valence-corrected chi connectivity index (χ1v) is 6.39. The molecule has 1 aromatic carbocycles. The molecule has 5 heteroatoms. The highest BCUT2D eigenvalue weighted by Gasteiger charge is 2.23. The number of benzene rings is 1. The Morgan fingerprint density at radius 2 is 2.39 bits per heavy atom. The Balaban J connectivity index is 2.31. The fourth-order valence-corrected chi connectivity index (χ4v) is 2.30. The fraction of sp³-hybridized carbons (Fsp3) is 0.462. The highest BCUT2D eigenvalue weighted by atomic mass is 35.5. The molecular formula is C13H16ClNO3. The van der Waals surface area contributed by atoms with Crippen LogP contribution in [0.25, 0.3) is 0 Å². The largest absolute Gasteiger partial charge is 0.478 e. The average molecular weight is 270 g/mol. The normalized spacial score (nSPS) is 19.9. The summed E-state index contributed by atoms with van der Waals surface area (Å²) in [4.78, 5) is 13.3. The second-order valence-corrected chi connectivity index (χ2v) is 4.75. The van der Waals surface area contributed by atoms with E-state index in [0.717, 1.165) is 6.42 Å². The quantitative estimate of drug-likeness (QED) is 0.917. The van der Waals surface area contributed by atoms with Crippen LogP contribution < -0.4 is 4.90 Å². The zero-order valence-corrected chi connectivity index (χ0v) is 11.0. The van der Waals surface area contributed by atoms with Crippen LogP contribution in [0, 0.1) is 0 Å². The van der Waals surface area contributed by atoms with Crippen molar-refractivity contribution < 1.29 is 14.6 Å². The standard InChI is InChI=1S/C13H16ClNO3/c1-2-10-8-15(5-6-18-10)12-7-9(14)3-4-11(12)13(16)17/h3-4,7,10H,2,5-6,8H2,1H3,(H,16,17). The maximum absolute atomic E-state index is 11.2. The lowest BCUT2D eigenvalue weighted by Gasteiger charge is -2.34. The maximum atomic E-state index is 11.2. The zero-order valence-electron chi connectivity index (χ0n) is 10.2. The van der Waals surface area contributed by atoms with Gasteiger partial charge < -0.3 is 14.7 Å². The lowest BCUT2D eigenvalue weighted by molar-refractivity contribution is 0.0382. The molecule has 0 aliphatic carbocycles. The van der Waals surface area contributed by atoms with Crippen LogP contribution in [0.4, 0.5) is 5.69 Å². The summed E-state index contributed by atoms with van der Waals surface area (Å²) >= 11 is 5.96. The van der Waals surface area contributed by atoms with Crippen LogP contribution in [0.2, 0.25) is 5.02 Å². The van der Waals surface area contributed by atoms with Crippen LogP contribution in [-0.4, -0.2) is 36.9 Å². The summed E-state index contributed by atoms with van der Waals surface area (Å²) in [6, 6.07) is 4.87. The third-order valence-corrected chi connectivity index (χ3v) is 3.36. The summed E-state index contributed by atoms with van der Waals surface area (Å²) in [7, 11) is 0. The Morgan fingerprint density at radius 3 is 3.06 bits per heavy atom. The molecule has 1 saturated heterocycles. The number of nitrogens with zero attached hydrogens (tertiary/aromatic N) is 1. The molecule has 0 amide bonds. The number of rotatable bonds is 3. The van der Waals surface area contributed by atoms with E-state index in [1.165, 1.54) is 0 Å². The van der Waals surface area contributed by atoms with Gasteiger partial charge in [-0.25, -0.2) is 4.79 Å². The highest BCUT2D eigenvalue weighted by molar-refractivity contribution is 6.31.